The van der Waals surface area contributed by atoms with E-state index in [1.165, 1.54) is 7.05 Å². The average Bonchev–Trinajstić information content (AvgIpc) is 2.32. The SMILES string of the molecule is CCC(O)O.CCC(O)O.CCC(O)O.CN. The van der Waals surface area contributed by atoms with E-state index in [0.717, 1.165) is 0 Å². The van der Waals surface area contributed by atoms with E-state index in [2.05, 4.69) is 5.73 Å². The zero-order valence-electron chi connectivity index (χ0n) is 11.1. The Labute approximate surface area is 103 Å². The first-order valence-corrected chi connectivity index (χ1v) is 5.47. The van der Waals surface area contributed by atoms with Gasteiger partial charge < -0.3 is 36.4 Å². The van der Waals surface area contributed by atoms with E-state index in [0.29, 0.717) is 19.3 Å². The molecule has 0 bridgehead atoms. The average molecular weight is 259 g/mol. The fourth-order valence-corrected chi connectivity index (χ4v) is 0. The van der Waals surface area contributed by atoms with Gasteiger partial charge in [-0.25, -0.2) is 0 Å². The molecule has 0 aromatic carbocycles. The molecule has 0 unspecified atom stereocenters. The first-order chi connectivity index (χ1) is 7.81. The van der Waals surface area contributed by atoms with Gasteiger partial charge in [-0.15, -0.1) is 0 Å². The molecule has 0 aliphatic heterocycles. The molecule has 0 saturated carbocycles. The van der Waals surface area contributed by atoms with Crippen molar-refractivity contribution in [2.45, 2.75) is 58.9 Å². The van der Waals surface area contributed by atoms with Crippen LogP contribution in [0.4, 0.5) is 0 Å². The third kappa shape index (κ3) is 90.4. The molecule has 0 aliphatic rings. The first-order valence-electron chi connectivity index (χ1n) is 5.47. The lowest BCUT2D eigenvalue weighted by Crippen LogP contribution is -1.99. The molecule has 0 saturated heterocycles. The zero-order valence-corrected chi connectivity index (χ0v) is 11.1. The Morgan fingerprint density at radius 3 is 0.647 bits per heavy atom. The molecule has 0 fully saturated rings. The van der Waals surface area contributed by atoms with Gasteiger partial charge >= 0.3 is 0 Å². The smallest absolute Gasteiger partial charge is 0.151 e. The van der Waals surface area contributed by atoms with Crippen molar-refractivity contribution < 1.29 is 30.6 Å². The molecule has 0 spiro atoms. The topological polar surface area (TPSA) is 147 Å². The Morgan fingerprint density at radius 1 is 0.588 bits per heavy atom. The van der Waals surface area contributed by atoms with Gasteiger partial charge in [-0.1, -0.05) is 20.8 Å². The number of rotatable bonds is 3. The largest absolute Gasteiger partial charge is 0.368 e. The molecule has 7 heteroatoms. The Balaban J connectivity index is -0.0000000693. The molecule has 0 atom stereocenters. The van der Waals surface area contributed by atoms with Crippen molar-refractivity contribution in [3.05, 3.63) is 0 Å². The lowest BCUT2D eigenvalue weighted by atomic mass is 10.5. The van der Waals surface area contributed by atoms with Crippen LogP contribution in [0.2, 0.25) is 0 Å². The summed E-state index contributed by atoms with van der Waals surface area (Å²) >= 11 is 0. The van der Waals surface area contributed by atoms with Crippen LogP contribution in [0, 0.1) is 0 Å². The van der Waals surface area contributed by atoms with Crippen LogP contribution in [0.15, 0.2) is 0 Å². The molecule has 8 N–H and O–H groups in total. The summed E-state index contributed by atoms with van der Waals surface area (Å²) in [7, 11) is 1.50. The predicted molar refractivity (Wildman–Crippen MR) is 65.7 cm³/mol. The van der Waals surface area contributed by atoms with E-state index in [9.17, 15) is 0 Å². The van der Waals surface area contributed by atoms with Crippen LogP contribution in [-0.4, -0.2) is 56.6 Å². The maximum Gasteiger partial charge on any atom is 0.151 e. The molecular formula is C10H29NO6. The summed E-state index contributed by atoms with van der Waals surface area (Å²) in [4.78, 5) is 0. The van der Waals surface area contributed by atoms with Crippen molar-refractivity contribution in [3.8, 4) is 0 Å². The second-order valence-corrected chi connectivity index (χ2v) is 2.67. The van der Waals surface area contributed by atoms with Crippen LogP contribution in [-0.2, 0) is 0 Å². The van der Waals surface area contributed by atoms with Gasteiger partial charge in [-0.2, -0.15) is 0 Å². The Hall–Kier alpha value is -0.280. The Bertz CT molecular complexity index is 81.8. The summed E-state index contributed by atoms with van der Waals surface area (Å²) in [5.41, 5.74) is 4.50. The van der Waals surface area contributed by atoms with Gasteiger partial charge in [0.15, 0.2) is 18.9 Å². The molecule has 0 amide bonds. The number of aliphatic hydroxyl groups is 6. The maximum absolute atomic E-state index is 7.92. The molecule has 0 aromatic heterocycles. The van der Waals surface area contributed by atoms with Crippen LogP contribution < -0.4 is 5.73 Å². The Kier molecular flexibility index (Phi) is 37.3. The molecule has 7 nitrogen and oxygen atoms in total. The predicted octanol–water partition coefficient (Wildman–Crippen LogP) is -1.30. The summed E-state index contributed by atoms with van der Waals surface area (Å²) in [5.74, 6) is 0. The standard InChI is InChI=1S/3C3H8O2.CH5N/c3*1-2-3(4)5;1-2/h3*3-5H,2H2,1H3;2H2,1H3. The molecule has 17 heavy (non-hydrogen) atoms. The Morgan fingerprint density at radius 2 is 0.647 bits per heavy atom. The molecule has 0 aromatic rings. The lowest BCUT2D eigenvalue weighted by Gasteiger charge is -1.90. The third-order valence-corrected chi connectivity index (χ3v) is 1.10. The number of aliphatic hydroxyl groups excluding tert-OH is 3. The van der Waals surface area contributed by atoms with E-state index in [4.69, 9.17) is 30.6 Å². The third-order valence-electron chi connectivity index (χ3n) is 1.10. The molecule has 110 valence electrons. The van der Waals surface area contributed by atoms with E-state index in [1.54, 1.807) is 20.8 Å². The van der Waals surface area contributed by atoms with Gasteiger partial charge in [0.25, 0.3) is 0 Å². The normalized spacial score (nSPS) is 8.82. The van der Waals surface area contributed by atoms with Gasteiger partial charge in [-0.3, -0.25) is 0 Å². The van der Waals surface area contributed by atoms with Gasteiger partial charge in [0.05, 0.1) is 0 Å². The highest BCUT2D eigenvalue weighted by molar-refractivity contribution is 4.22. The quantitative estimate of drug-likeness (QED) is 0.311. The summed E-state index contributed by atoms with van der Waals surface area (Å²) < 4.78 is 0. The van der Waals surface area contributed by atoms with Crippen molar-refractivity contribution in [2.24, 2.45) is 5.73 Å². The fourth-order valence-electron chi connectivity index (χ4n) is 0. The minimum Gasteiger partial charge on any atom is -0.368 e. The minimum absolute atomic E-state index is 0.417. The highest BCUT2D eigenvalue weighted by Gasteiger charge is 1.84. The lowest BCUT2D eigenvalue weighted by molar-refractivity contribution is -0.0420. The first kappa shape index (κ1) is 25.5. The van der Waals surface area contributed by atoms with Crippen molar-refractivity contribution >= 4 is 0 Å². The summed E-state index contributed by atoms with van der Waals surface area (Å²) in [6.07, 6.45) is -2.10. The minimum atomic E-state index is -1.12. The van der Waals surface area contributed by atoms with E-state index >= 15 is 0 Å². The zero-order chi connectivity index (χ0) is 14.9. The van der Waals surface area contributed by atoms with Crippen molar-refractivity contribution in [1.29, 1.82) is 0 Å². The van der Waals surface area contributed by atoms with Crippen molar-refractivity contribution in [2.75, 3.05) is 7.05 Å². The molecule has 0 radical (unpaired) electrons. The van der Waals surface area contributed by atoms with Crippen LogP contribution >= 0.6 is 0 Å². The van der Waals surface area contributed by atoms with Gasteiger partial charge in [0.2, 0.25) is 0 Å². The molecular weight excluding hydrogens is 230 g/mol. The van der Waals surface area contributed by atoms with Crippen LogP contribution in [0.5, 0.6) is 0 Å². The monoisotopic (exact) mass is 259 g/mol. The molecule has 0 heterocycles. The number of hydrogen-bond donors (Lipinski definition) is 7. The van der Waals surface area contributed by atoms with Crippen molar-refractivity contribution in [1.82, 2.24) is 0 Å². The van der Waals surface area contributed by atoms with E-state index < -0.39 is 18.9 Å². The van der Waals surface area contributed by atoms with Crippen molar-refractivity contribution in [3.63, 3.8) is 0 Å². The van der Waals surface area contributed by atoms with Gasteiger partial charge in [-0.05, 0) is 26.3 Å². The van der Waals surface area contributed by atoms with Crippen LogP contribution in [0.3, 0.4) is 0 Å². The van der Waals surface area contributed by atoms with Gasteiger partial charge in [0, 0.05) is 0 Å². The highest BCUT2D eigenvalue weighted by Crippen LogP contribution is 1.78. The summed E-state index contributed by atoms with van der Waals surface area (Å²) in [6, 6.07) is 0. The van der Waals surface area contributed by atoms with E-state index in [1.807, 2.05) is 0 Å². The van der Waals surface area contributed by atoms with Crippen LogP contribution in [0.1, 0.15) is 40.0 Å². The molecule has 0 aliphatic carbocycles. The highest BCUT2D eigenvalue weighted by atomic mass is 16.5. The molecule has 0 rings (SSSR count). The summed E-state index contributed by atoms with van der Waals surface area (Å²) in [5, 5.41) is 47.5. The number of hydrogen-bond acceptors (Lipinski definition) is 7. The second-order valence-electron chi connectivity index (χ2n) is 2.67. The second kappa shape index (κ2) is 24.8. The number of nitrogens with two attached hydrogens (primary N) is 1. The summed E-state index contributed by atoms with van der Waals surface area (Å²) in [6.45, 7) is 5.10. The maximum atomic E-state index is 7.92. The van der Waals surface area contributed by atoms with Gasteiger partial charge in [0.1, 0.15) is 0 Å². The fraction of sp³-hybridized carbons (Fsp3) is 1.00. The van der Waals surface area contributed by atoms with E-state index in [-0.39, 0.29) is 0 Å². The van der Waals surface area contributed by atoms with Crippen LogP contribution in [0.25, 0.3) is 0 Å².